The lowest BCUT2D eigenvalue weighted by molar-refractivity contribution is 0.0472. The molecule has 0 saturated heterocycles. The number of benzene rings is 2. The van der Waals surface area contributed by atoms with Crippen molar-refractivity contribution in [2.75, 3.05) is 0 Å². The summed E-state index contributed by atoms with van der Waals surface area (Å²) in [5, 5.41) is 4.19. The molecular weight excluding hydrogens is 295 g/mol. The van der Waals surface area contributed by atoms with Gasteiger partial charge in [0, 0.05) is 0 Å². The van der Waals surface area contributed by atoms with Crippen molar-refractivity contribution >= 4 is 5.97 Å². The summed E-state index contributed by atoms with van der Waals surface area (Å²) in [5.41, 5.74) is 2.65. The van der Waals surface area contributed by atoms with E-state index in [0.717, 1.165) is 5.56 Å². The van der Waals surface area contributed by atoms with Gasteiger partial charge in [-0.1, -0.05) is 30.3 Å². The molecule has 4 nitrogen and oxygen atoms in total. The molecular formula is C18H15FN2O2. The molecule has 0 radical (unpaired) electrons. The van der Waals surface area contributed by atoms with Crippen molar-refractivity contribution < 1.29 is 13.9 Å². The molecule has 1 heterocycles. The van der Waals surface area contributed by atoms with E-state index in [2.05, 4.69) is 5.10 Å². The van der Waals surface area contributed by atoms with Crippen LogP contribution in [0.3, 0.4) is 0 Å². The van der Waals surface area contributed by atoms with Gasteiger partial charge in [0.15, 0.2) is 0 Å². The third-order valence-electron chi connectivity index (χ3n) is 3.51. The maximum Gasteiger partial charge on any atom is 0.341 e. The number of nitrogens with zero attached hydrogens (tertiary/aromatic N) is 2. The first-order valence-electron chi connectivity index (χ1n) is 7.17. The van der Waals surface area contributed by atoms with Crippen molar-refractivity contribution in [2.45, 2.75) is 13.5 Å². The summed E-state index contributed by atoms with van der Waals surface area (Å²) in [6.07, 6.45) is 1.46. The van der Waals surface area contributed by atoms with Crippen molar-refractivity contribution in [3.8, 4) is 5.69 Å². The van der Waals surface area contributed by atoms with Gasteiger partial charge in [-0.3, -0.25) is 0 Å². The number of esters is 1. The Morgan fingerprint density at radius 1 is 1.13 bits per heavy atom. The maximum absolute atomic E-state index is 13.0. The molecule has 5 heteroatoms. The number of carbonyl (C=O) groups is 1. The first kappa shape index (κ1) is 15.0. The number of aromatic nitrogens is 2. The molecule has 0 fully saturated rings. The Bertz CT molecular complexity index is 811. The lowest BCUT2D eigenvalue weighted by atomic mass is 10.2. The summed E-state index contributed by atoms with van der Waals surface area (Å²) < 4.78 is 19.9. The minimum absolute atomic E-state index is 0.209. The van der Waals surface area contributed by atoms with Crippen LogP contribution in [0.5, 0.6) is 0 Å². The van der Waals surface area contributed by atoms with Crippen LogP contribution in [0.25, 0.3) is 5.69 Å². The molecule has 0 saturated carbocycles. The second kappa shape index (κ2) is 6.44. The van der Waals surface area contributed by atoms with Gasteiger partial charge in [0.05, 0.1) is 17.6 Å². The van der Waals surface area contributed by atoms with E-state index in [1.807, 2.05) is 30.3 Å². The van der Waals surface area contributed by atoms with E-state index in [-0.39, 0.29) is 12.4 Å². The molecule has 0 atom stereocenters. The molecule has 0 aliphatic rings. The average Bonchev–Trinajstić information content (AvgIpc) is 2.96. The summed E-state index contributed by atoms with van der Waals surface area (Å²) in [5.74, 6) is -0.749. The van der Waals surface area contributed by atoms with Crippen molar-refractivity contribution in [3.63, 3.8) is 0 Å². The van der Waals surface area contributed by atoms with Crippen LogP contribution in [0.4, 0.5) is 4.39 Å². The smallest absolute Gasteiger partial charge is 0.341 e. The first-order valence-corrected chi connectivity index (χ1v) is 7.17. The minimum Gasteiger partial charge on any atom is -0.457 e. The summed E-state index contributed by atoms with van der Waals surface area (Å²) in [7, 11) is 0. The molecule has 0 unspecified atom stereocenters. The highest BCUT2D eigenvalue weighted by Crippen LogP contribution is 2.16. The Labute approximate surface area is 133 Å². The minimum atomic E-state index is -0.431. The lowest BCUT2D eigenvalue weighted by Gasteiger charge is -2.06. The van der Waals surface area contributed by atoms with Gasteiger partial charge in [0.1, 0.15) is 18.0 Å². The number of hydrogen-bond acceptors (Lipinski definition) is 3. The molecule has 3 rings (SSSR count). The molecule has 23 heavy (non-hydrogen) atoms. The van der Waals surface area contributed by atoms with Crippen LogP contribution in [-0.2, 0) is 11.3 Å². The molecule has 1 aromatic heterocycles. The van der Waals surface area contributed by atoms with Crippen LogP contribution in [0.1, 0.15) is 21.6 Å². The first-order chi connectivity index (χ1) is 11.1. The molecule has 0 N–H and O–H groups in total. The highest BCUT2D eigenvalue weighted by molar-refractivity contribution is 5.90. The van der Waals surface area contributed by atoms with E-state index in [0.29, 0.717) is 16.9 Å². The summed E-state index contributed by atoms with van der Waals surface area (Å²) in [4.78, 5) is 12.2. The fourth-order valence-electron chi connectivity index (χ4n) is 2.25. The van der Waals surface area contributed by atoms with Crippen molar-refractivity contribution in [1.29, 1.82) is 0 Å². The fourth-order valence-corrected chi connectivity index (χ4v) is 2.25. The molecule has 116 valence electrons. The van der Waals surface area contributed by atoms with Gasteiger partial charge in [-0.25, -0.2) is 13.9 Å². The van der Waals surface area contributed by atoms with Gasteiger partial charge in [0.25, 0.3) is 0 Å². The van der Waals surface area contributed by atoms with Crippen molar-refractivity contribution in [1.82, 2.24) is 9.78 Å². The number of rotatable bonds is 4. The number of halogens is 1. The Kier molecular flexibility index (Phi) is 4.19. The topological polar surface area (TPSA) is 44.1 Å². The normalized spacial score (nSPS) is 10.5. The van der Waals surface area contributed by atoms with E-state index >= 15 is 0 Å². The molecule has 0 amide bonds. The third-order valence-corrected chi connectivity index (χ3v) is 3.51. The zero-order valence-electron chi connectivity index (χ0n) is 12.6. The second-order valence-corrected chi connectivity index (χ2v) is 5.09. The standard InChI is InChI=1S/C18H15FN2O2/c1-13-17(18(22)23-12-14-5-3-2-4-6-14)11-20-21(13)16-9-7-15(19)8-10-16/h2-11H,12H2,1H3. The summed E-state index contributed by atoms with van der Waals surface area (Å²) in [6.45, 7) is 1.98. The Balaban J connectivity index is 1.76. The number of hydrogen-bond donors (Lipinski definition) is 0. The summed E-state index contributed by atoms with van der Waals surface area (Å²) in [6, 6.07) is 15.4. The van der Waals surface area contributed by atoms with Gasteiger partial charge >= 0.3 is 5.97 Å². The van der Waals surface area contributed by atoms with E-state index in [1.165, 1.54) is 18.3 Å². The largest absolute Gasteiger partial charge is 0.457 e. The van der Waals surface area contributed by atoms with Gasteiger partial charge in [-0.05, 0) is 36.8 Å². The van der Waals surface area contributed by atoms with E-state index in [4.69, 9.17) is 4.74 Å². The highest BCUT2D eigenvalue weighted by atomic mass is 19.1. The fraction of sp³-hybridized carbons (Fsp3) is 0.111. The third kappa shape index (κ3) is 3.29. The van der Waals surface area contributed by atoms with E-state index < -0.39 is 5.97 Å². The van der Waals surface area contributed by atoms with Crippen LogP contribution < -0.4 is 0 Å². The predicted octanol–water partition coefficient (Wildman–Crippen LogP) is 3.68. The Morgan fingerprint density at radius 3 is 2.52 bits per heavy atom. The van der Waals surface area contributed by atoms with E-state index in [1.54, 1.807) is 23.7 Å². The average molecular weight is 310 g/mol. The van der Waals surface area contributed by atoms with E-state index in [9.17, 15) is 9.18 Å². The highest BCUT2D eigenvalue weighted by Gasteiger charge is 2.16. The SMILES string of the molecule is Cc1c(C(=O)OCc2ccccc2)cnn1-c1ccc(F)cc1. The van der Waals surface area contributed by atoms with Crippen LogP contribution in [-0.4, -0.2) is 15.7 Å². The zero-order chi connectivity index (χ0) is 16.2. The molecule has 0 aliphatic carbocycles. The second-order valence-electron chi connectivity index (χ2n) is 5.09. The molecule has 2 aromatic carbocycles. The van der Waals surface area contributed by atoms with Gasteiger partial charge < -0.3 is 4.74 Å². The predicted molar refractivity (Wildman–Crippen MR) is 83.8 cm³/mol. The molecule has 0 aliphatic heterocycles. The van der Waals surface area contributed by atoms with Crippen molar-refractivity contribution in [2.24, 2.45) is 0 Å². The lowest BCUT2D eigenvalue weighted by Crippen LogP contribution is -2.07. The maximum atomic E-state index is 13.0. The van der Waals surface area contributed by atoms with Crippen LogP contribution in [0, 0.1) is 12.7 Å². The molecule has 0 spiro atoms. The van der Waals surface area contributed by atoms with Gasteiger partial charge in [0.2, 0.25) is 0 Å². The van der Waals surface area contributed by atoms with Gasteiger partial charge in [-0.2, -0.15) is 5.10 Å². The Morgan fingerprint density at radius 2 is 1.83 bits per heavy atom. The monoisotopic (exact) mass is 310 g/mol. The van der Waals surface area contributed by atoms with Gasteiger partial charge in [-0.15, -0.1) is 0 Å². The van der Waals surface area contributed by atoms with Crippen LogP contribution in [0.2, 0.25) is 0 Å². The number of carbonyl (C=O) groups excluding carboxylic acids is 1. The molecule has 3 aromatic rings. The molecule has 0 bridgehead atoms. The quantitative estimate of drug-likeness (QED) is 0.691. The zero-order valence-corrected chi connectivity index (χ0v) is 12.6. The summed E-state index contributed by atoms with van der Waals surface area (Å²) >= 11 is 0. The Hall–Kier alpha value is -2.95. The number of ether oxygens (including phenoxy) is 1. The van der Waals surface area contributed by atoms with Crippen LogP contribution >= 0.6 is 0 Å². The van der Waals surface area contributed by atoms with Crippen molar-refractivity contribution in [3.05, 3.63) is 83.4 Å². The van der Waals surface area contributed by atoms with Crippen LogP contribution in [0.15, 0.2) is 60.8 Å².